The van der Waals surface area contributed by atoms with E-state index < -0.39 is 41.4 Å². The third-order valence-corrected chi connectivity index (χ3v) is 5.68. The highest BCUT2D eigenvalue weighted by Crippen LogP contribution is 2.32. The maximum Gasteiger partial charge on any atom is 0.423 e. The summed E-state index contributed by atoms with van der Waals surface area (Å²) in [5, 5.41) is 0.199. The number of ether oxygens (including phenoxy) is 3. The first-order valence-electron chi connectivity index (χ1n) is 9.16. The minimum absolute atomic E-state index is 0.00917. The zero-order valence-corrected chi connectivity index (χ0v) is 19.2. The largest absolute Gasteiger partial charge is 0.480 e. The lowest BCUT2D eigenvalue weighted by molar-refractivity contribution is -0.139. The van der Waals surface area contributed by atoms with Crippen LogP contribution in [0.3, 0.4) is 0 Å². The van der Waals surface area contributed by atoms with Crippen LogP contribution in [0.1, 0.15) is 23.8 Å². The van der Waals surface area contributed by atoms with E-state index >= 15 is 0 Å². The number of rotatable bonds is 6. The molecule has 0 amide bonds. The van der Waals surface area contributed by atoms with Gasteiger partial charge in [0, 0.05) is 21.8 Å². The monoisotopic (exact) mass is 580 g/mol. The summed E-state index contributed by atoms with van der Waals surface area (Å²) < 4.78 is 57.9. The van der Waals surface area contributed by atoms with E-state index in [1.165, 1.54) is 0 Å². The first-order chi connectivity index (χ1) is 15.1. The van der Waals surface area contributed by atoms with Crippen molar-refractivity contribution in [3.63, 3.8) is 0 Å². The molecule has 32 heavy (non-hydrogen) atoms. The molecule has 170 valence electrons. The SMILES string of the molecule is C#CCO[C@H]1C[C@H](n2cc(C(F)(F)F)c(=O)[nH]c2=O)O[C@@H]1COC(=S)c1ccc(I)cc1. The summed E-state index contributed by atoms with van der Waals surface area (Å²) in [6.45, 7) is -0.159. The van der Waals surface area contributed by atoms with E-state index in [4.69, 9.17) is 32.9 Å². The first kappa shape index (κ1) is 24.4. The summed E-state index contributed by atoms with van der Waals surface area (Å²) in [4.78, 5) is 25.4. The second-order valence-electron chi connectivity index (χ2n) is 6.73. The molecular formula is C20H16F3IN2O5S. The number of hydrogen-bond donors (Lipinski definition) is 1. The topological polar surface area (TPSA) is 82.6 Å². The lowest BCUT2D eigenvalue weighted by atomic mass is 10.2. The fourth-order valence-corrected chi connectivity index (χ4v) is 3.64. The number of benzene rings is 1. The number of thiocarbonyl (C=S) groups is 1. The number of H-pyrrole nitrogens is 1. The van der Waals surface area contributed by atoms with Gasteiger partial charge in [-0.15, -0.1) is 6.42 Å². The minimum atomic E-state index is -4.94. The lowest BCUT2D eigenvalue weighted by Crippen LogP contribution is -2.36. The van der Waals surface area contributed by atoms with Crippen LogP contribution < -0.4 is 11.2 Å². The molecule has 2 aromatic rings. The minimum Gasteiger partial charge on any atom is -0.480 e. The Kier molecular flexibility index (Phi) is 7.75. The van der Waals surface area contributed by atoms with Crippen LogP contribution in [0.5, 0.6) is 0 Å². The molecule has 3 atom stereocenters. The van der Waals surface area contributed by atoms with Crippen LogP contribution in [0.4, 0.5) is 13.2 Å². The van der Waals surface area contributed by atoms with Crippen molar-refractivity contribution < 1.29 is 27.4 Å². The predicted molar refractivity (Wildman–Crippen MR) is 120 cm³/mol. The fraction of sp³-hybridized carbons (Fsp3) is 0.350. The van der Waals surface area contributed by atoms with E-state index in [2.05, 4.69) is 28.5 Å². The van der Waals surface area contributed by atoms with Gasteiger partial charge in [0.1, 0.15) is 31.1 Å². The molecule has 1 saturated heterocycles. The van der Waals surface area contributed by atoms with Crippen LogP contribution in [0, 0.1) is 15.9 Å². The number of nitrogens with zero attached hydrogens (tertiary/aromatic N) is 1. The van der Waals surface area contributed by atoms with Crippen molar-refractivity contribution in [1.82, 2.24) is 9.55 Å². The summed E-state index contributed by atoms with van der Waals surface area (Å²) in [5.74, 6) is 2.30. The zero-order valence-electron chi connectivity index (χ0n) is 16.2. The number of halogens is 4. The highest BCUT2D eigenvalue weighted by molar-refractivity contribution is 14.1. The fourth-order valence-electron chi connectivity index (χ4n) is 3.08. The van der Waals surface area contributed by atoms with E-state index in [1.54, 1.807) is 17.1 Å². The van der Waals surface area contributed by atoms with Crippen LogP contribution in [0.25, 0.3) is 0 Å². The van der Waals surface area contributed by atoms with Gasteiger partial charge in [-0.1, -0.05) is 5.92 Å². The third-order valence-electron chi connectivity index (χ3n) is 4.60. The highest BCUT2D eigenvalue weighted by Gasteiger charge is 2.40. The van der Waals surface area contributed by atoms with Crippen molar-refractivity contribution >= 4 is 39.9 Å². The molecule has 1 N–H and O–H groups in total. The van der Waals surface area contributed by atoms with E-state index in [1.807, 2.05) is 12.1 Å². The van der Waals surface area contributed by atoms with Crippen molar-refractivity contribution in [2.24, 2.45) is 0 Å². The van der Waals surface area contributed by atoms with Gasteiger partial charge in [0.2, 0.25) is 0 Å². The molecule has 0 aliphatic carbocycles. The quantitative estimate of drug-likeness (QED) is 0.322. The molecule has 1 aromatic heterocycles. The van der Waals surface area contributed by atoms with Gasteiger partial charge in [-0.2, -0.15) is 13.2 Å². The normalized spacial score (nSPS) is 20.7. The Balaban J connectivity index is 1.79. The smallest absolute Gasteiger partial charge is 0.423 e. The second kappa shape index (κ2) is 10.2. The molecule has 7 nitrogen and oxygen atoms in total. The molecule has 0 unspecified atom stereocenters. The maximum atomic E-state index is 13.1. The van der Waals surface area contributed by atoms with Gasteiger partial charge in [-0.05, 0) is 59.1 Å². The molecule has 3 rings (SSSR count). The molecule has 0 spiro atoms. The molecule has 1 aliphatic heterocycles. The molecule has 0 radical (unpaired) electrons. The molecule has 0 saturated carbocycles. The standard InChI is InChI=1S/C20H16F3IN2O5S/c1-2-7-29-14-8-16(26-9-13(20(21,22)23)17(27)25-19(26)28)31-15(14)10-30-18(32)11-3-5-12(24)6-4-11/h1,3-6,9,14-16H,7-8,10H2,(H,25,27,28)/t14-,15+,16+/m0/s1. The van der Waals surface area contributed by atoms with Gasteiger partial charge in [0.05, 0.1) is 6.10 Å². The van der Waals surface area contributed by atoms with Crippen molar-refractivity contribution in [1.29, 1.82) is 0 Å². The number of nitrogens with one attached hydrogen (secondary N) is 1. The Hall–Kier alpha value is -2.21. The number of hydrogen-bond acceptors (Lipinski definition) is 6. The molecule has 1 aliphatic rings. The highest BCUT2D eigenvalue weighted by atomic mass is 127. The van der Waals surface area contributed by atoms with E-state index in [9.17, 15) is 22.8 Å². The Morgan fingerprint density at radius 1 is 1.34 bits per heavy atom. The summed E-state index contributed by atoms with van der Waals surface area (Å²) in [7, 11) is 0. The number of alkyl halides is 3. The molecule has 0 bridgehead atoms. The molecule has 1 fully saturated rings. The van der Waals surface area contributed by atoms with Crippen molar-refractivity contribution in [2.75, 3.05) is 13.2 Å². The molecule has 12 heteroatoms. The van der Waals surface area contributed by atoms with Crippen LogP contribution in [0.2, 0.25) is 0 Å². The van der Waals surface area contributed by atoms with Crippen molar-refractivity contribution in [3.05, 3.63) is 66.0 Å². The number of terminal acetylenes is 1. The summed E-state index contributed by atoms with van der Waals surface area (Å²) in [6.07, 6.45) is -1.86. The van der Waals surface area contributed by atoms with Gasteiger partial charge in [-0.25, -0.2) is 4.79 Å². The third kappa shape index (κ3) is 5.77. The molecular weight excluding hydrogens is 564 g/mol. The van der Waals surface area contributed by atoms with E-state index in [-0.39, 0.29) is 24.7 Å². The Labute approximate surface area is 199 Å². The van der Waals surface area contributed by atoms with Crippen LogP contribution >= 0.6 is 34.8 Å². The average molecular weight is 580 g/mol. The number of aromatic nitrogens is 2. The van der Waals surface area contributed by atoms with Gasteiger partial charge in [0.15, 0.2) is 5.05 Å². The van der Waals surface area contributed by atoms with Gasteiger partial charge in [0.25, 0.3) is 5.56 Å². The number of aromatic amines is 1. The summed E-state index contributed by atoms with van der Waals surface area (Å²) >= 11 is 7.42. The van der Waals surface area contributed by atoms with Gasteiger partial charge in [-0.3, -0.25) is 14.3 Å². The second-order valence-corrected chi connectivity index (χ2v) is 8.35. The van der Waals surface area contributed by atoms with Crippen molar-refractivity contribution in [3.8, 4) is 12.3 Å². The predicted octanol–water partition coefficient (Wildman–Crippen LogP) is 2.86. The molecule has 1 aromatic carbocycles. The molecule has 2 heterocycles. The zero-order chi connectivity index (χ0) is 23.5. The van der Waals surface area contributed by atoms with Crippen LogP contribution in [-0.4, -0.2) is 40.0 Å². The first-order valence-corrected chi connectivity index (χ1v) is 10.6. The van der Waals surface area contributed by atoms with Gasteiger partial charge < -0.3 is 14.2 Å². The Morgan fingerprint density at radius 3 is 2.66 bits per heavy atom. The average Bonchev–Trinajstić information content (AvgIpc) is 3.12. The Bertz CT molecular complexity index is 1140. The van der Waals surface area contributed by atoms with Crippen molar-refractivity contribution in [2.45, 2.75) is 31.0 Å². The van der Waals surface area contributed by atoms with Gasteiger partial charge >= 0.3 is 11.9 Å². The van der Waals surface area contributed by atoms with E-state index in [0.717, 1.165) is 3.57 Å². The summed E-state index contributed by atoms with van der Waals surface area (Å²) in [6, 6.07) is 7.28. The van der Waals surface area contributed by atoms with Crippen LogP contribution in [-0.2, 0) is 20.4 Å². The maximum absolute atomic E-state index is 13.1. The Morgan fingerprint density at radius 2 is 2.03 bits per heavy atom. The van der Waals surface area contributed by atoms with E-state index in [0.29, 0.717) is 16.3 Å². The van der Waals surface area contributed by atoms with Crippen LogP contribution in [0.15, 0.2) is 40.1 Å². The summed E-state index contributed by atoms with van der Waals surface area (Å²) in [5.41, 5.74) is -3.41. The lowest BCUT2D eigenvalue weighted by Gasteiger charge is -2.19.